The van der Waals surface area contributed by atoms with Crippen molar-refractivity contribution in [2.45, 2.75) is 45.4 Å². The molecule has 1 unspecified atom stereocenters. The summed E-state index contributed by atoms with van der Waals surface area (Å²) in [7, 11) is 1.69. The van der Waals surface area contributed by atoms with Crippen LogP contribution in [0.3, 0.4) is 0 Å². The van der Waals surface area contributed by atoms with Gasteiger partial charge in [-0.1, -0.05) is 35.5 Å². The highest BCUT2D eigenvalue weighted by Gasteiger charge is 2.21. The molecule has 0 aliphatic rings. The Balaban J connectivity index is 1.58. The van der Waals surface area contributed by atoms with Gasteiger partial charge in [0, 0.05) is 29.6 Å². The van der Waals surface area contributed by atoms with E-state index in [0.717, 1.165) is 39.7 Å². The normalized spacial score (nSPS) is 12.3. The van der Waals surface area contributed by atoms with Gasteiger partial charge in [-0.05, 0) is 52.0 Å². The number of hydrogen-bond acceptors (Lipinski definition) is 6. The molecule has 7 nitrogen and oxygen atoms in total. The average Bonchev–Trinajstić information content (AvgIpc) is 3.52. The minimum Gasteiger partial charge on any atom is -0.467 e. The Morgan fingerprint density at radius 3 is 2.68 bits per heavy atom. The molecule has 3 heterocycles. The lowest BCUT2D eigenvalue weighted by molar-refractivity contribution is 0.102. The molecule has 1 atom stereocenters. The number of nitrogens with zero attached hydrogens (tertiary/aromatic N) is 4. The molecule has 3 aromatic heterocycles. The number of carbonyl (C=O) groups excluding carboxylic acids is 1. The van der Waals surface area contributed by atoms with Gasteiger partial charge in [0.1, 0.15) is 5.76 Å². The Hall–Kier alpha value is -3.10. The van der Waals surface area contributed by atoms with E-state index in [1.165, 1.54) is 11.8 Å². The van der Waals surface area contributed by atoms with Gasteiger partial charge in [-0.25, -0.2) is 0 Å². The van der Waals surface area contributed by atoms with E-state index in [1.54, 1.807) is 13.4 Å². The molecule has 0 saturated heterocycles. The second-order valence-electron chi connectivity index (χ2n) is 8.51. The van der Waals surface area contributed by atoms with Crippen LogP contribution in [-0.2, 0) is 11.3 Å². The first-order valence-corrected chi connectivity index (χ1v) is 12.2. The van der Waals surface area contributed by atoms with Crippen LogP contribution in [0.15, 0.2) is 58.3 Å². The molecule has 0 fully saturated rings. The molecular weight excluding hydrogens is 448 g/mol. The fraction of sp³-hybridized carbons (Fsp3) is 0.346. The molecule has 0 radical (unpaired) electrons. The van der Waals surface area contributed by atoms with Crippen LogP contribution >= 0.6 is 11.8 Å². The molecule has 4 aromatic rings. The summed E-state index contributed by atoms with van der Waals surface area (Å²) >= 11 is 1.40. The van der Waals surface area contributed by atoms with Crippen molar-refractivity contribution in [2.75, 3.05) is 19.5 Å². The minimum absolute atomic E-state index is 0.0682. The third-order valence-electron chi connectivity index (χ3n) is 5.85. The van der Waals surface area contributed by atoms with Crippen LogP contribution in [0.25, 0.3) is 11.4 Å². The standard InChI is InChI=1S/C26H30N4O3S/c1-17-8-6-9-21(12-17)25-27-28-26(29(25)14-22-10-7-11-33-22)34-16-24(31)23-13-18(2)30(20(23)4)19(3)15-32-5/h6-13,19H,14-16H2,1-5H3. The van der Waals surface area contributed by atoms with Crippen molar-refractivity contribution in [1.82, 2.24) is 19.3 Å². The number of aryl methyl sites for hydroxylation is 2. The van der Waals surface area contributed by atoms with Crippen molar-refractivity contribution in [2.24, 2.45) is 0 Å². The second kappa shape index (κ2) is 10.4. The third-order valence-corrected chi connectivity index (χ3v) is 6.82. The van der Waals surface area contributed by atoms with Crippen molar-refractivity contribution in [1.29, 1.82) is 0 Å². The number of carbonyl (C=O) groups is 1. The van der Waals surface area contributed by atoms with E-state index in [9.17, 15) is 4.79 Å². The first-order valence-electron chi connectivity index (χ1n) is 11.2. The Labute approximate surface area is 204 Å². The molecule has 0 N–H and O–H groups in total. The average molecular weight is 479 g/mol. The van der Waals surface area contributed by atoms with Crippen molar-refractivity contribution in [3.8, 4) is 11.4 Å². The van der Waals surface area contributed by atoms with Crippen LogP contribution in [-0.4, -0.2) is 44.6 Å². The van der Waals surface area contributed by atoms with Gasteiger partial charge in [-0.2, -0.15) is 0 Å². The Bertz CT molecular complexity index is 1270. The number of thioether (sulfide) groups is 1. The maximum Gasteiger partial charge on any atom is 0.192 e. The molecule has 0 saturated carbocycles. The smallest absolute Gasteiger partial charge is 0.192 e. The number of Topliss-reactive ketones (excluding diaryl/α,β-unsaturated/α-hetero) is 1. The molecule has 178 valence electrons. The summed E-state index contributed by atoms with van der Waals surface area (Å²) in [6.45, 7) is 9.24. The van der Waals surface area contributed by atoms with Gasteiger partial charge in [0.05, 0.1) is 31.2 Å². The van der Waals surface area contributed by atoms with E-state index in [1.807, 2.05) is 48.7 Å². The lowest BCUT2D eigenvalue weighted by atomic mass is 10.1. The second-order valence-corrected chi connectivity index (χ2v) is 9.45. The van der Waals surface area contributed by atoms with Gasteiger partial charge < -0.3 is 13.7 Å². The summed E-state index contributed by atoms with van der Waals surface area (Å²) in [5.74, 6) is 1.89. The van der Waals surface area contributed by atoms with Gasteiger partial charge in [0.15, 0.2) is 16.8 Å². The minimum atomic E-state index is 0.0682. The number of ether oxygens (including phenoxy) is 1. The quantitative estimate of drug-likeness (QED) is 0.221. The van der Waals surface area contributed by atoms with Crippen LogP contribution in [0.1, 0.15) is 46.0 Å². The first-order chi connectivity index (χ1) is 16.4. The van der Waals surface area contributed by atoms with Crippen LogP contribution in [0.4, 0.5) is 0 Å². The molecular formula is C26H30N4O3S. The van der Waals surface area contributed by atoms with Crippen molar-refractivity contribution in [3.63, 3.8) is 0 Å². The maximum atomic E-state index is 13.2. The van der Waals surface area contributed by atoms with E-state index in [4.69, 9.17) is 9.15 Å². The third kappa shape index (κ3) is 5.03. The van der Waals surface area contributed by atoms with E-state index >= 15 is 0 Å². The van der Waals surface area contributed by atoms with Crippen LogP contribution in [0, 0.1) is 20.8 Å². The highest BCUT2D eigenvalue weighted by Crippen LogP contribution is 2.28. The summed E-state index contributed by atoms with van der Waals surface area (Å²) in [5, 5.41) is 9.57. The molecule has 0 amide bonds. The highest BCUT2D eigenvalue weighted by atomic mass is 32.2. The van der Waals surface area contributed by atoms with E-state index in [-0.39, 0.29) is 17.6 Å². The van der Waals surface area contributed by atoms with Crippen LogP contribution in [0.2, 0.25) is 0 Å². The molecule has 0 spiro atoms. The summed E-state index contributed by atoms with van der Waals surface area (Å²) in [6.07, 6.45) is 1.66. The number of rotatable bonds is 10. The predicted octanol–water partition coefficient (Wildman–Crippen LogP) is 5.50. The largest absolute Gasteiger partial charge is 0.467 e. The number of ketones is 1. The molecule has 8 heteroatoms. The fourth-order valence-corrected chi connectivity index (χ4v) is 5.18. The zero-order chi connectivity index (χ0) is 24.2. The summed E-state index contributed by atoms with van der Waals surface area (Å²) < 4.78 is 15.1. The van der Waals surface area contributed by atoms with Crippen molar-refractivity contribution in [3.05, 3.63) is 77.0 Å². The van der Waals surface area contributed by atoms with Crippen LogP contribution < -0.4 is 0 Å². The monoisotopic (exact) mass is 478 g/mol. The lowest BCUT2D eigenvalue weighted by Crippen LogP contribution is -2.15. The molecule has 0 bridgehead atoms. The highest BCUT2D eigenvalue weighted by molar-refractivity contribution is 7.99. The zero-order valence-corrected chi connectivity index (χ0v) is 21.1. The number of hydrogen-bond donors (Lipinski definition) is 0. The number of aromatic nitrogens is 4. The van der Waals surface area contributed by atoms with E-state index in [0.29, 0.717) is 18.3 Å². The first kappa shape index (κ1) is 24.0. The fourth-order valence-electron chi connectivity index (χ4n) is 4.36. The summed E-state index contributed by atoms with van der Waals surface area (Å²) in [5.41, 5.74) is 4.88. The number of methoxy groups -OCH3 is 1. The topological polar surface area (TPSA) is 75.1 Å². The van der Waals surface area contributed by atoms with Gasteiger partial charge in [0.25, 0.3) is 0 Å². The molecule has 0 aliphatic heterocycles. The maximum absolute atomic E-state index is 13.2. The van der Waals surface area contributed by atoms with Gasteiger partial charge in [-0.15, -0.1) is 10.2 Å². The van der Waals surface area contributed by atoms with E-state index < -0.39 is 0 Å². The summed E-state index contributed by atoms with van der Waals surface area (Å²) in [6, 6.07) is 14.1. The number of benzene rings is 1. The van der Waals surface area contributed by atoms with Crippen molar-refractivity contribution < 1.29 is 13.9 Å². The van der Waals surface area contributed by atoms with Gasteiger partial charge in [-0.3, -0.25) is 9.36 Å². The molecule has 0 aliphatic carbocycles. The number of furan rings is 1. The molecule has 1 aromatic carbocycles. The van der Waals surface area contributed by atoms with Gasteiger partial charge >= 0.3 is 0 Å². The Morgan fingerprint density at radius 1 is 1.15 bits per heavy atom. The summed E-state index contributed by atoms with van der Waals surface area (Å²) in [4.78, 5) is 13.2. The lowest BCUT2D eigenvalue weighted by Gasteiger charge is -2.17. The van der Waals surface area contributed by atoms with Crippen molar-refractivity contribution >= 4 is 17.5 Å². The Kier molecular flexibility index (Phi) is 7.38. The van der Waals surface area contributed by atoms with E-state index in [2.05, 4.69) is 40.7 Å². The predicted molar refractivity (Wildman–Crippen MR) is 134 cm³/mol. The molecule has 4 rings (SSSR count). The zero-order valence-electron chi connectivity index (χ0n) is 20.2. The van der Waals surface area contributed by atoms with Crippen LogP contribution in [0.5, 0.6) is 0 Å². The van der Waals surface area contributed by atoms with Gasteiger partial charge in [0.2, 0.25) is 0 Å². The SMILES string of the molecule is COCC(C)n1c(C)cc(C(=O)CSc2nnc(-c3cccc(C)c3)n2Cc2ccco2)c1C. The molecule has 34 heavy (non-hydrogen) atoms. The Morgan fingerprint density at radius 2 is 1.97 bits per heavy atom.